The van der Waals surface area contributed by atoms with E-state index in [2.05, 4.69) is 0 Å². The number of nitrogens with two attached hydrogens (primary N) is 1. The molecule has 0 saturated carbocycles. The summed E-state index contributed by atoms with van der Waals surface area (Å²) in [5, 5.41) is 8.67. The minimum atomic E-state index is -0.585. The first kappa shape index (κ1) is 11.1. The molecule has 78 valence electrons. The van der Waals surface area contributed by atoms with Crippen molar-refractivity contribution in [3.05, 3.63) is 29.3 Å². The standard InChI is InChI=1S/C11H12N2O2/c1-2-5-15-10-4-3-8(7-12)6-9(10)11(13)14/h3-4,6H,2,5H2,1H3,(H2,13,14). The van der Waals surface area contributed by atoms with E-state index in [1.165, 1.54) is 6.07 Å². The SMILES string of the molecule is CCCOc1ccc(C#N)cc1C(N)=O. The Hall–Kier alpha value is -2.02. The van der Waals surface area contributed by atoms with E-state index in [-0.39, 0.29) is 5.56 Å². The summed E-state index contributed by atoms with van der Waals surface area (Å²) in [6.45, 7) is 2.49. The number of carbonyl (C=O) groups is 1. The van der Waals surface area contributed by atoms with Crippen molar-refractivity contribution < 1.29 is 9.53 Å². The van der Waals surface area contributed by atoms with Crippen LogP contribution in [0.15, 0.2) is 18.2 Å². The molecule has 0 aliphatic rings. The number of nitriles is 1. The number of amides is 1. The molecule has 0 aromatic heterocycles. The predicted molar refractivity (Wildman–Crippen MR) is 55.5 cm³/mol. The molecule has 0 unspecified atom stereocenters. The average molecular weight is 204 g/mol. The van der Waals surface area contributed by atoms with Gasteiger partial charge in [-0.1, -0.05) is 6.92 Å². The number of primary amides is 1. The summed E-state index contributed by atoms with van der Waals surface area (Å²) >= 11 is 0. The van der Waals surface area contributed by atoms with Gasteiger partial charge in [-0.3, -0.25) is 4.79 Å². The molecule has 1 rings (SSSR count). The van der Waals surface area contributed by atoms with Gasteiger partial charge in [0.2, 0.25) is 0 Å². The summed E-state index contributed by atoms with van der Waals surface area (Å²) in [6.07, 6.45) is 0.845. The molecule has 1 aromatic rings. The minimum Gasteiger partial charge on any atom is -0.493 e. The van der Waals surface area contributed by atoms with Crippen molar-refractivity contribution in [3.63, 3.8) is 0 Å². The van der Waals surface area contributed by atoms with E-state index in [4.69, 9.17) is 15.7 Å². The van der Waals surface area contributed by atoms with Crippen LogP contribution in [0.3, 0.4) is 0 Å². The second-order valence-corrected chi connectivity index (χ2v) is 3.04. The largest absolute Gasteiger partial charge is 0.493 e. The van der Waals surface area contributed by atoms with Gasteiger partial charge in [-0.2, -0.15) is 5.26 Å². The number of hydrogen-bond donors (Lipinski definition) is 1. The topological polar surface area (TPSA) is 76.1 Å². The lowest BCUT2D eigenvalue weighted by molar-refractivity contribution is 0.0996. The van der Waals surface area contributed by atoms with Gasteiger partial charge in [0.25, 0.3) is 5.91 Å². The van der Waals surface area contributed by atoms with Crippen molar-refractivity contribution in [2.45, 2.75) is 13.3 Å². The summed E-state index contributed by atoms with van der Waals surface area (Å²) in [6, 6.07) is 6.57. The fourth-order valence-electron chi connectivity index (χ4n) is 1.13. The van der Waals surface area contributed by atoms with Crippen LogP contribution >= 0.6 is 0 Å². The molecule has 0 atom stereocenters. The zero-order valence-corrected chi connectivity index (χ0v) is 8.49. The van der Waals surface area contributed by atoms with Crippen LogP contribution in [0.25, 0.3) is 0 Å². The number of ether oxygens (including phenoxy) is 1. The lowest BCUT2D eigenvalue weighted by Crippen LogP contribution is -2.13. The van der Waals surface area contributed by atoms with E-state index >= 15 is 0 Å². The van der Waals surface area contributed by atoms with Gasteiger partial charge >= 0.3 is 0 Å². The lowest BCUT2D eigenvalue weighted by atomic mass is 10.1. The Morgan fingerprint density at radius 1 is 1.60 bits per heavy atom. The van der Waals surface area contributed by atoms with Gasteiger partial charge in [-0.25, -0.2) is 0 Å². The van der Waals surface area contributed by atoms with E-state index in [0.717, 1.165) is 6.42 Å². The van der Waals surface area contributed by atoms with Crippen molar-refractivity contribution in [1.29, 1.82) is 5.26 Å². The van der Waals surface area contributed by atoms with Crippen LogP contribution in [0.1, 0.15) is 29.3 Å². The lowest BCUT2D eigenvalue weighted by Gasteiger charge is -2.08. The van der Waals surface area contributed by atoms with Crippen molar-refractivity contribution in [3.8, 4) is 11.8 Å². The third kappa shape index (κ3) is 2.71. The van der Waals surface area contributed by atoms with Crippen LogP contribution in [-0.4, -0.2) is 12.5 Å². The van der Waals surface area contributed by atoms with Gasteiger partial charge in [0.05, 0.1) is 23.8 Å². The van der Waals surface area contributed by atoms with E-state index in [1.54, 1.807) is 12.1 Å². The van der Waals surface area contributed by atoms with E-state index in [9.17, 15) is 4.79 Å². The molecule has 15 heavy (non-hydrogen) atoms. The molecule has 4 heteroatoms. The van der Waals surface area contributed by atoms with Gasteiger partial charge < -0.3 is 10.5 Å². The van der Waals surface area contributed by atoms with Crippen molar-refractivity contribution in [2.75, 3.05) is 6.61 Å². The number of carbonyl (C=O) groups excluding carboxylic acids is 1. The third-order valence-corrected chi connectivity index (χ3v) is 1.84. The zero-order chi connectivity index (χ0) is 11.3. The molecule has 0 spiro atoms. The van der Waals surface area contributed by atoms with E-state index in [1.807, 2.05) is 13.0 Å². The van der Waals surface area contributed by atoms with E-state index in [0.29, 0.717) is 17.9 Å². The van der Waals surface area contributed by atoms with E-state index < -0.39 is 5.91 Å². The summed E-state index contributed by atoms with van der Waals surface area (Å²) in [4.78, 5) is 11.1. The first-order valence-corrected chi connectivity index (χ1v) is 4.65. The van der Waals surface area contributed by atoms with Crippen LogP contribution < -0.4 is 10.5 Å². The third-order valence-electron chi connectivity index (χ3n) is 1.84. The summed E-state index contributed by atoms with van der Waals surface area (Å²) in [7, 11) is 0. The van der Waals surface area contributed by atoms with Gasteiger partial charge in [0.15, 0.2) is 0 Å². The van der Waals surface area contributed by atoms with Gasteiger partial charge in [0.1, 0.15) is 5.75 Å². The first-order chi connectivity index (χ1) is 7.19. The fraction of sp³-hybridized carbons (Fsp3) is 0.273. The van der Waals surface area contributed by atoms with Crippen LogP contribution in [-0.2, 0) is 0 Å². The smallest absolute Gasteiger partial charge is 0.252 e. The maximum atomic E-state index is 11.1. The maximum absolute atomic E-state index is 11.1. The Labute approximate surface area is 88.3 Å². The molecule has 1 aromatic carbocycles. The molecule has 0 aliphatic heterocycles. The fourth-order valence-corrected chi connectivity index (χ4v) is 1.13. The molecule has 1 amide bonds. The number of hydrogen-bond acceptors (Lipinski definition) is 3. The molecule has 0 saturated heterocycles. The number of nitrogens with zero attached hydrogens (tertiary/aromatic N) is 1. The molecule has 0 heterocycles. The maximum Gasteiger partial charge on any atom is 0.252 e. The monoisotopic (exact) mass is 204 g/mol. The number of rotatable bonds is 4. The average Bonchev–Trinajstić information content (AvgIpc) is 2.26. The Balaban J connectivity index is 3.05. The highest BCUT2D eigenvalue weighted by Gasteiger charge is 2.10. The molecule has 0 fully saturated rings. The highest BCUT2D eigenvalue weighted by molar-refractivity contribution is 5.96. The molecular weight excluding hydrogens is 192 g/mol. The summed E-state index contributed by atoms with van der Waals surface area (Å²) in [5.41, 5.74) is 5.83. The number of benzene rings is 1. The Morgan fingerprint density at radius 3 is 2.87 bits per heavy atom. The highest BCUT2D eigenvalue weighted by Crippen LogP contribution is 2.19. The van der Waals surface area contributed by atoms with Crippen molar-refractivity contribution >= 4 is 5.91 Å². The second kappa shape index (κ2) is 5.01. The van der Waals surface area contributed by atoms with Crippen LogP contribution in [0, 0.1) is 11.3 Å². The Kier molecular flexibility index (Phi) is 3.69. The quantitative estimate of drug-likeness (QED) is 0.806. The molecule has 4 nitrogen and oxygen atoms in total. The molecule has 0 bridgehead atoms. The normalized spacial score (nSPS) is 9.33. The second-order valence-electron chi connectivity index (χ2n) is 3.04. The summed E-state index contributed by atoms with van der Waals surface area (Å²) in [5.74, 6) is -0.151. The molecule has 0 aliphatic carbocycles. The van der Waals surface area contributed by atoms with Crippen molar-refractivity contribution in [2.24, 2.45) is 5.73 Å². The predicted octanol–water partition coefficient (Wildman–Crippen LogP) is 1.45. The molecule has 2 N–H and O–H groups in total. The van der Waals surface area contributed by atoms with Gasteiger partial charge in [-0.15, -0.1) is 0 Å². The van der Waals surface area contributed by atoms with Crippen LogP contribution in [0.5, 0.6) is 5.75 Å². The zero-order valence-electron chi connectivity index (χ0n) is 8.49. The first-order valence-electron chi connectivity index (χ1n) is 4.65. The van der Waals surface area contributed by atoms with Gasteiger partial charge in [0, 0.05) is 0 Å². The molecular formula is C11H12N2O2. The Bertz CT molecular complexity index is 408. The minimum absolute atomic E-state index is 0.252. The van der Waals surface area contributed by atoms with Crippen LogP contribution in [0.2, 0.25) is 0 Å². The molecule has 0 radical (unpaired) electrons. The summed E-state index contributed by atoms with van der Waals surface area (Å²) < 4.78 is 5.34. The van der Waals surface area contributed by atoms with Gasteiger partial charge in [-0.05, 0) is 24.6 Å². The highest BCUT2D eigenvalue weighted by atomic mass is 16.5. The van der Waals surface area contributed by atoms with Crippen molar-refractivity contribution in [1.82, 2.24) is 0 Å². The Morgan fingerprint density at radius 2 is 2.33 bits per heavy atom. The van der Waals surface area contributed by atoms with Crippen LogP contribution in [0.4, 0.5) is 0 Å².